The fraction of sp³-hybridized carbons (Fsp3) is 1.00. The fourth-order valence-corrected chi connectivity index (χ4v) is 2.27. The zero-order valence-electron chi connectivity index (χ0n) is 8.21. The van der Waals surface area contributed by atoms with E-state index in [4.69, 9.17) is 10.8 Å². The average molecular weight is 171 g/mol. The van der Waals surface area contributed by atoms with Crippen LogP contribution in [0, 0.1) is 11.3 Å². The van der Waals surface area contributed by atoms with Gasteiger partial charge in [0.25, 0.3) is 0 Å². The van der Waals surface area contributed by atoms with Crippen molar-refractivity contribution in [2.75, 3.05) is 6.61 Å². The Morgan fingerprint density at radius 2 is 2.25 bits per heavy atom. The molecule has 72 valence electrons. The molecule has 2 heteroatoms. The van der Waals surface area contributed by atoms with Crippen molar-refractivity contribution in [3.63, 3.8) is 0 Å². The molecule has 0 saturated heterocycles. The Kier molecular flexibility index (Phi) is 3.13. The van der Waals surface area contributed by atoms with E-state index in [0.29, 0.717) is 11.3 Å². The summed E-state index contributed by atoms with van der Waals surface area (Å²) < 4.78 is 0. The van der Waals surface area contributed by atoms with Crippen molar-refractivity contribution in [3.8, 4) is 0 Å². The number of aliphatic hydroxyl groups is 1. The zero-order chi connectivity index (χ0) is 9.19. The number of aliphatic hydroxyl groups excluding tert-OH is 1. The first-order valence-electron chi connectivity index (χ1n) is 4.91. The Morgan fingerprint density at radius 1 is 1.58 bits per heavy atom. The molecule has 2 nitrogen and oxygen atoms in total. The molecule has 2 atom stereocenters. The van der Waals surface area contributed by atoms with Crippen LogP contribution in [0.15, 0.2) is 0 Å². The lowest BCUT2D eigenvalue weighted by molar-refractivity contribution is 0.130. The quantitative estimate of drug-likeness (QED) is 0.661. The van der Waals surface area contributed by atoms with Gasteiger partial charge >= 0.3 is 0 Å². The van der Waals surface area contributed by atoms with Gasteiger partial charge in [0.15, 0.2) is 0 Å². The second kappa shape index (κ2) is 3.75. The molecule has 1 aliphatic rings. The molecule has 0 amide bonds. The van der Waals surface area contributed by atoms with E-state index in [1.54, 1.807) is 0 Å². The van der Waals surface area contributed by atoms with Crippen LogP contribution in [0.2, 0.25) is 0 Å². The molecule has 3 N–H and O–H groups in total. The molecule has 1 fully saturated rings. The molecule has 0 bridgehead atoms. The van der Waals surface area contributed by atoms with Gasteiger partial charge in [-0.25, -0.2) is 0 Å². The van der Waals surface area contributed by atoms with E-state index in [-0.39, 0.29) is 12.6 Å². The summed E-state index contributed by atoms with van der Waals surface area (Å²) in [5.41, 5.74) is 6.26. The minimum atomic E-state index is 0.00424. The summed E-state index contributed by atoms with van der Waals surface area (Å²) in [7, 11) is 0. The van der Waals surface area contributed by atoms with Crippen molar-refractivity contribution in [2.45, 2.75) is 45.6 Å². The Morgan fingerprint density at radius 3 is 2.75 bits per heavy atom. The minimum Gasteiger partial charge on any atom is -0.395 e. The van der Waals surface area contributed by atoms with Gasteiger partial charge < -0.3 is 10.8 Å². The van der Waals surface area contributed by atoms with Gasteiger partial charge in [-0.05, 0) is 30.6 Å². The summed E-state index contributed by atoms with van der Waals surface area (Å²) >= 11 is 0. The van der Waals surface area contributed by atoms with E-state index in [1.807, 2.05) is 0 Å². The van der Waals surface area contributed by atoms with E-state index in [0.717, 1.165) is 0 Å². The molecule has 0 radical (unpaired) electrons. The summed E-state index contributed by atoms with van der Waals surface area (Å²) in [5, 5.41) is 8.93. The standard InChI is InChI=1S/C10H21NO/c1-10(2)5-3-4-8(6-10)9(11)7-12/h8-9,12H,3-7,11H2,1-2H3/t8?,9-/m1/s1. The van der Waals surface area contributed by atoms with Gasteiger partial charge in [-0.1, -0.05) is 20.3 Å². The molecule has 0 spiro atoms. The van der Waals surface area contributed by atoms with Gasteiger partial charge in [0, 0.05) is 6.04 Å². The van der Waals surface area contributed by atoms with Crippen LogP contribution in [0.25, 0.3) is 0 Å². The molecule has 0 aromatic heterocycles. The van der Waals surface area contributed by atoms with Crippen LogP contribution in [0.1, 0.15) is 39.5 Å². The van der Waals surface area contributed by atoms with Crippen molar-refractivity contribution in [2.24, 2.45) is 17.1 Å². The van der Waals surface area contributed by atoms with Gasteiger partial charge in [0.1, 0.15) is 0 Å². The summed E-state index contributed by atoms with van der Waals surface area (Å²) in [6.45, 7) is 4.73. The van der Waals surface area contributed by atoms with E-state index in [2.05, 4.69) is 13.8 Å². The van der Waals surface area contributed by atoms with Crippen LogP contribution in [0.3, 0.4) is 0 Å². The normalized spacial score (nSPS) is 31.5. The lowest BCUT2D eigenvalue weighted by Gasteiger charge is -2.37. The van der Waals surface area contributed by atoms with Crippen LogP contribution >= 0.6 is 0 Å². The van der Waals surface area contributed by atoms with E-state index < -0.39 is 0 Å². The van der Waals surface area contributed by atoms with Crippen LogP contribution in [0.4, 0.5) is 0 Å². The first-order valence-corrected chi connectivity index (χ1v) is 4.91. The van der Waals surface area contributed by atoms with Crippen LogP contribution in [-0.4, -0.2) is 17.8 Å². The largest absolute Gasteiger partial charge is 0.395 e. The predicted molar refractivity (Wildman–Crippen MR) is 50.8 cm³/mol. The highest BCUT2D eigenvalue weighted by Gasteiger charge is 2.30. The van der Waals surface area contributed by atoms with E-state index >= 15 is 0 Å². The Bertz CT molecular complexity index is 145. The van der Waals surface area contributed by atoms with E-state index in [9.17, 15) is 0 Å². The maximum atomic E-state index is 8.93. The Balaban J connectivity index is 2.46. The molecule has 0 aliphatic heterocycles. The van der Waals surface area contributed by atoms with Crippen molar-refractivity contribution >= 4 is 0 Å². The van der Waals surface area contributed by atoms with Gasteiger partial charge in [0.05, 0.1) is 6.61 Å². The third-order valence-electron chi connectivity index (χ3n) is 3.06. The molecule has 0 aromatic rings. The first kappa shape index (κ1) is 10.0. The summed E-state index contributed by atoms with van der Waals surface area (Å²) in [4.78, 5) is 0. The molecule has 12 heavy (non-hydrogen) atoms. The van der Waals surface area contributed by atoms with Crippen molar-refractivity contribution in [1.29, 1.82) is 0 Å². The molecule has 1 rings (SSSR count). The highest BCUT2D eigenvalue weighted by Crippen LogP contribution is 2.39. The highest BCUT2D eigenvalue weighted by atomic mass is 16.3. The third kappa shape index (κ3) is 2.46. The maximum Gasteiger partial charge on any atom is 0.0585 e. The van der Waals surface area contributed by atoms with Crippen LogP contribution < -0.4 is 5.73 Å². The van der Waals surface area contributed by atoms with Gasteiger partial charge in [-0.3, -0.25) is 0 Å². The van der Waals surface area contributed by atoms with Gasteiger partial charge in [-0.15, -0.1) is 0 Å². The number of rotatable bonds is 2. The Labute approximate surface area is 75.2 Å². The van der Waals surface area contributed by atoms with Crippen LogP contribution in [0.5, 0.6) is 0 Å². The van der Waals surface area contributed by atoms with Crippen molar-refractivity contribution in [1.82, 2.24) is 0 Å². The highest BCUT2D eigenvalue weighted by molar-refractivity contribution is 4.84. The lowest BCUT2D eigenvalue weighted by atomic mass is 9.70. The second-order valence-corrected chi connectivity index (χ2v) is 4.87. The molecular formula is C10H21NO. The van der Waals surface area contributed by atoms with Gasteiger partial charge in [-0.2, -0.15) is 0 Å². The zero-order valence-corrected chi connectivity index (χ0v) is 8.21. The topological polar surface area (TPSA) is 46.2 Å². The third-order valence-corrected chi connectivity index (χ3v) is 3.06. The fourth-order valence-electron chi connectivity index (χ4n) is 2.27. The summed E-state index contributed by atoms with van der Waals surface area (Å²) in [6.07, 6.45) is 4.95. The minimum absolute atomic E-state index is 0.00424. The predicted octanol–water partition coefficient (Wildman–Crippen LogP) is 1.52. The number of hydrogen-bond donors (Lipinski definition) is 2. The van der Waals surface area contributed by atoms with Gasteiger partial charge in [0.2, 0.25) is 0 Å². The SMILES string of the molecule is CC1(C)CCCC([C@H](N)CO)C1. The Hall–Kier alpha value is -0.0800. The molecule has 1 unspecified atom stereocenters. The number of nitrogens with two attached hydrogens (primary N) is 1. The molecule has 0 heterocycles. The summed E-state index contributed by atoms with van der Waals surface area (Å²) in [6, 6.07) is 0.00424. The maximum absolute atomic E-state index is 8.93. The average Bonchev–Trinajstić information content (AvgIpc) is 2.01. The van der Waals surface area contributed by atoms with Crippen LogP contribution in [-0.2, 0) is 0 Å². The first-order chi connectivity index (χ1) is 5.55. The second-order valence-electron chi connectivity index (χ2n) is 4.87. The molecule has 1 aliphatic carbocycles. The number of hydrogen-bond acceptors (Lipinski definition) is 2. The molecule has 0 aromatic carbocycles. The van der Waals surface area contributed by atoms with Crippen molar-refractivity contribution < 1.29 is 5.11 Å². The molecule has 1 saturated carbocycles. The van der Waals surface area contributed by atoms with Crippen molar-refractivity contribution in [3.05, 3.63) is 0 Å². The monoisotopic (exact) mass is 171 g/mol. The lowest BCUT2D eigenvalue weighted by Crippen LogP contribution is -2.38. The smallest absolute Gasteiger partial charge is 0.0585 e. The molecular weight excluding hydrogens is 150 g/mol. The van der Waals surface area contributed by atoms with E-state index in [1.165, 1.54) is 25.7 Å². The summed E-state index contributed by atoms with van der Waals surface area (Å²) in [5.74, 6) is 0.541.